The zero-order valence-corrected chi connectivity index (χ0v) is 11.1. The van der Waals surface area contributed by atoms with Crippen LogP contribution in [-0.2, 0) is 0 Å². The van der Waals surface area contributed by atoms with Crippen molar-refractivity contribution in [3.05, 3.63) is 45.4 Å². The van der Waals surface area contributed by atoms with Gasteiger partial charge in [-0.1, -0.05) is 0 Å². The number of hydrogen-bond donors (Lipinski definition) is 3. The highest BCUT2D eigenvalue weighted by atomic mass is 32.1. The molecule has 0 saturated carbocycles. The summed E-state index contributed by atoms with van der Waals surface area (Å²) in [7, 11) is 0. The molecule has 0 atom stereocenters. The number of aromatic hydroxyl groups is 1. The summed E-state index contributed by atoms with van der Waals surface area (Å²) in [6.07, 6.45) is 0. The molecule has 1 amide bonds. The van der Waals surface area contributed by atoms with Crippen LogP contribution in [0.2, 0.25) is 0 Å². The molecule has 0 unspecified atom stereocenters. The molecule has 0 spiro atoms. The lowest BCUT2D eigenvalue weighted by Crippen LogP contribution is -2.14. The molecule has 7 heteroatoms. The molecule has 5 nitrogen and oxygen atoms in total. The standard InChI is InChI=1S/C13H10FNO4S/c1-6-5-20-11(13(18)19)10(6)15-12(17)8-3-2-7(14)4-9(8)16/h2-5,16H,1H3,(H,15,17)(H,18,19). The van der Waals surface area contributed by atoms with Crippen LogP contribution in [0.25, 0.3) is 0 Å². The van der Waals surface area contributed by atoms with E-state index in [-0.39, 0.29) is 16.1 Å². The van der Waals surface area contributed by atoms with Crippen molar-refractivity contribution in [2.24, 2.45) is 0 Å². The lowest BCUT2D eigenvalue weighted by molar-refractivity contribution is 0.0703. The smallest absolute Gasteiger partial charge is 0.348 e. The Morgan fingerprint density at radius 1 is 1.35 bits per heavy atom. The third-order valence-corrected chi connectivity index (χ3v) is 3.70. The Bertz CT molecular complexity index is 696. The highest BCUT2D eigenvalue weighted by molar-refractivity contribution is 7.12. The molecule has 3 N–H and O–H groups in total. The maximum absolute atomic E-state index is 12.9. The molecule has 0 aliphatic rings. The van der Waals surface area contributed by atoms with Gasteiger partial charge in [0.25, 0.3) is 5.91 Å². The van der Waals surface area contributed by atoms with Gasteiger partial charge >= 0.3 is 5.97 Å². The van der Waals surface area contributed by atoms with Gasteiger partial charge in [0, 0.05) is 6.07 Å². The molecule has 2 rings (SSSR count). The van der Waals surface area contributed by atoms with Crippen LogP contribution >= 0.6 is 11.3 Å². The first-order valence-corrected chi connectivity index (χ1v) is 6.39. The summed E-state index contributed by atoms with van der Waals surface area (Å²) in [5, 5.41) is 22.6. The summed E-state index contributed by atoms with van der Waals surface area (Å²) in [4.78, 5) is 23.0. The van der Waals surface area contributed by atoms with E-state index in [0.717, 1.165) is 29.5 Å². The largest absolute Gasteiger partial charge is 0.507 e. The lowest BCUT2D eigenvalue weighted by atomic mass is 10.1. The van der Waals surface area contributed by atoms with Gasteiger partial charge in [-0.2, -0.15) is 0 Å². The minimum absolute atomic E-state index is 0.00236. The second-order valence-electron chi connectivity index (χ2n) is 4.04. The number of amides is 1. The fourth-order valence-electron chi connectivity index (χ4n) is 1.63. The van der Waals surface area contributed by atoms with Gasteiger partial charge in [0.2, 0.25) is 0 Å². The summed E-state index contributed by atoms with van der Waals surface area (Å²) >= 11 is 0.991. The van der Waals surface area contributed by atoms with E-state index in [1.165, 1.54) is 0 Å². The van der Waals surface area contributed by atoms with Crippen LogP contribution < -0.4 is 5.32 Å². The number of carboxylic acid groups (broad SMARTS) is 1. The Morgan fingerprint density at radius 2 is 2.05 bits per heavy atom. The summed E-state index contributed by atoms with van der Waals surface area (Å²) in [5.74, 6) is -3.03. The Morgan fingerprint density at radius 3 is 2.65 bits per heavy atom. The maximum atomic E-state index is 12.9. The quantitative estimate of drug-likeness (QED) is 0.812. The number of nitrogens with one attached hydrogen (secondary N) is 1. The fourth-order valence-corrected chi connectivity index (χ4v) is 2.48. The second-order valence-corrected chi connectivity index (χ2v) is 4.92. The molecule has 1 aromatic carbocycles. The average Bonchev–Trinajstić information content (AvgIpc) is 2.71. The van der Waals surface area contributed by atoms with Crippen molar-refractivity contribution in [2.75, 3.05) is 5.32 Å². The number of carbonyl (C=O) groups excluding carboxylic acids is 1. The van der Waals surface area contributed by atoms with Crippen molar-refractivity contribution in [3.8, 4) is 5.75 Å². The molecule has 0 bridgehead atoms. The fraction of sp³-hybridized carbons (Fsp3) is 0.0769. The van der Waals surface area contributed by atoms with E-state index in [4.69, 9.17) is 5.11 Å². The van der Waals surface area contributed by atoms with Gasteiger partial charge in [-0.05, 0) is 30.0 Å². The highest BCUT2D eigenvalue weighted by Crippen LogP contribution is 2.29. The summed E-state index contributed by atoms with van der Waals surface area (Å²) in [6, 6.07) is 2.98. The summed E-state index contributed by atoms with van der Waals surface area (Å²) in [5.41, 5.74) is 0.645. The predicted octanol–water partition coefficient (Wildman–Crippen LogP) is 2.85. The molecule has 0 saturated heterocycles. The number of halogens is 1. The Labute approximate surface area is 117 Å². The molecule has 0 aliphatic heterocycles. The number of carboxylic acids is 1. The monoisotopic (exact) mass is 295 g/mol. The lowest BCUT2D eigenvalue weighted by Gasteiger charge is -2.07. The number of anilines is 1. The van der Waals surface area contributed by atoms with Gasteiger partial charge in [0.15, 0.2) is 0 Å². The summed E-state index contributed by atoms with van der Waals surface area (Å²) < 4.78 is 12.9. The third-order valence-electron chi connectivity index (χ3n) is 2.61. The number of hydrogen-bond acceptors (Lipinski definition) is 4. The first kappa shape index (κ1) is 14.0. The molecule has 0 fully saturated rings. The molecule has 0 aliphatic carbocycles. The van der Waals surface area contributed by atoms with Crippen LogP contribution in [0, 0.1) is 12.7 Å². The molecular formula is C13H10FNO4S. The summed E-state index contributed by atoms with van der Waals surface area (Å²) in [6.45, 7) is 1.66. The van der Waals surface area contributed by atoms with Crippen LogP contribution in [0.5, 0.6) is 5.75 Å². The van der Waals surface area contributed by atoms with Gasteiger partial charge in [-0.25, -0.2) is 9.18 Å². The number of thiophene rings is 1. The Hall–Kier alpha value is -2.41. The van der Waals surface area contributed by atoms with E-state index >= 15 is 0 Å². The number of aromatic carboxylic acids is 1. The first-order chi connectivity index (χ1) is 9.40. The highest BCUT2D eigenvalue weighted by Gasteiger charge is 2.19. The number of phenolic OH excluding ortho intramolecular Hbond substituents is 1. The van der Waals surface area contributed by atoms with Gasteiger partial charge in [-0.15, -0.1) is 11.3 Å². The SMILES string of the molecule is Cc1csc(C(=O)O)c1NC(=O)c1ccc(F)cc1O. The van der Waals surface area contributed by atoms with Crippen molar-refractivity contribution < 1.29 is 24.2 Å². The zero-order chi connectivity index (χ0) is 14.9. The van der Waals surface area contributed by atoms with Crippen molar-refractivity contribution in [2.45, 2.75) is 6.92 Å². The van der Waals surface area contributed by atoms with Crippen LogP contribution in [0.3, 0.4) is 0 Å². The zero-order valence-electron chi connectivity index (χ0n) is 10.3. The number of phenols is 1. The Kier molecular flexibility index (Phi) is 3.71. The first-order valence-electron chi connectivity index (χ1n) is 5.51. The molecule has 104 valence electrons. The molecule has 20 heavy (non-hydrogen) atoms. The molecule has 1 heterocycles. The van der Waals surface area contributed by atoms with Crippen molar-refractivity contribution >= 4 is 28.9 Å². The van der Waals surface area contributed by atoms with Gasteiger partial charge in [-0.3, -0.25) is 4.79 Å². The van der Waals surface area contributed by atoms with E-state index in [9.17, 15) is 19.1 Å². The minimum atomic E-state index is -1.15. The molecule has 0 radical (unpaired) electrons. The average molecular weight is 295 g/mol. The Balaban J connectivity index is 2.33. The molecule has 1 aromatic heterocycles. The topological polar surface area (TPSA) is 86.6 Å². The van der Waals surface area contributed by atoms with E-state index in [1.807, 2.05) is 0 Å². The van der Waals surface area contributed by atoms with Gasteiger partial charge in [0.1, 0.15) is 16.4 Å². The molecule has 2 aromatic rings. The van der Waals surface area contributed by atoms with Crippen LogP contribution in [0.15, 0.2) is 23.6 Å². The van der Waals surface area contributed by atoms with Gasteiger partial charge in [0.05, 0.1) is 11.3 Å². The van der Waals surface area contributed by atoms with Crippen LogP contribution in [0.4, 0.5) is 10.1 Å². The predicted molar refractivity (Wildman–Crippen MR) is 72.0 cm³/mol. The van der Waals surface area contributed by atoms with E-state index < -0.39 is 23.4 Å². The minimum Gasteiger partial charge on any atom is -0.507 e. The number of aryl methyl sites for hydroxylation is 1. The van der Waals surface area contributed by atoms with Crippen molar-refractivity contribution in [1.29, 1.82) is 0 Å². The van der Waals surface area contributed by atoms with E-state index in [1.54, 1.807) is 12.3 Å². The van der Waals surface area contributed by atoms with Crippen molar-refractivity contribution in [1.82, 2.24) is 0 Å². The maximum Gasteiger partial charge on any atom is 0.348 e. The second kappa shape index (κ2) is 5.30. The van der Waals surface area contributed by atoms with Gasteiger partial charge < -0.3 is 15.5 Å². The van der Waals surface area contributed by atoms with Crippen LogP contribution in [-0.4, -0.2) is 22.1 Å². The number of carbonyl (C=O) groups is 2. The number of benzene rings is 1. The molecular weight excluding hydrogens is 285 g/mol. The third kappa shape index (κ3) is 2.62. The number of rotatable bonds is 3. The van der Waals surface area contributed by atoms with E-state index in [0.29, 0.717) is 5.56 Å². The van der Waals surface area contributed by atoms with Crippen molar-refractivity contribution in [3.63, 3.8) is 0 Å². The van der Waals surface area contributed by atoms with Crippen LogP contribution in [0.1, 0.15) is 25.6 Å². The normalized spacial score (nSPS) is 10.3. The van der Waals surface area contributed by atoms with E-state index in [2.05, 4.69) is 5.32 Å².